The lowest BCUT2D eigenvalue weighted by Crippen LogP contribution is -2.33. The topological polar surface area (TPSA) is 59.1 Å². The Balaban J connectivity index is 1.15. The first-order chi connectivity index (χ1) is 37.3. The summed E-state index contributed by atoms with van der Waals surface area (Å²) in [6, 6.07) is 17.6. The molecule has 0 fully saturated rings. The summed E-state index contributed by atoms with van der Waals surface area (Å²) < 4.78 is 13.2. The number of carbonyl (C=O) groups excluding carboxylic acids is 2. The lowest BCUT2D eigenvalue weighted by Gasteiger charge is -2.20. The highest BCUT2D eigenvalue weighted by atomic mass is 32.1. The molecule has 422 valence electrons. The number of fused-ring (bicyclic) bond motifs is 3. The Morgan fingerprint density at radius 2 is 0.816 bits per heavy atom. The third-order valence-corrected chi connectivity index (χ3v) is 18.8. The van der Waals surface area contributed by atoms with Crippen molar-refractivity contribution >= 4 is 67.8 Å². The highest BCUT2D eigenvalue weighted by Crippen LogP contribution is 2.53. The lowest BCUT2D eigenvalue weighted by molar-refractivity contribution is -0.114. The van der Waals surface area contributed by atoms with Crippen LogP contribution in [0, 0.1) is 25.7 Å². The second-order valence-corrected chi connectivity index (χ2v) is 25.5. The Kier molecular flexibility index (Phi) is 28.8. The van der Waals surface area contributed by atoms with Gasteiger partial charge in [-0.1, -0.05) is 243 Å². The predicted octanol–water partition coefficient (Wildman–Crippen LogP) is 20.7. The average Bonchev–Trinajstić information content (AvgIpc) is 4.16. The van der Waals surface area contributed by atoms with Crippen molar-refractivity contribution in [1.29, 1.82) is 0 Å². The monoisotopic (exact) mass is 1080 g/mol. The van der Waals surface area contributed by atoms with E-state index in [9.17, 15) is 0 Å². The van der Waals surface area contributed by atoms with Crippen molar-refractivity contribution in [3.8, 4) is 10.4 Å². The van der Waals surface area contributed by atoms with Crippen LogP contribution in [0.4, 0.5) is 11.4 Å². The third-order valence-electron chi connectivity index (χ3n) is 16.5. The summed E-state index contributed by atoms with van der Waals surface area (Å²) in [6.07, 6.45) is 42.0. The van der Waals surface area contributed by atoms with Crippen LogP contribution in [0.25, 0.3) is 32.4 Å². The van der Waals surface area contributed by atoms with Gasteiger partial charge in [-0.2, -0.15) is 0 Å². The van der Waals surface area contributed by atoms with Crippen LogP contribution in [-0.4, -0.2) is 51.3 Å². The molecule has 2 aromatic carbocycles. The van der Waals surface area contributed by atoms with Crippen LogP contribution in [0.5, 0.6) is 0 Å². The van der Waals surface area contributed by atoms with Gasteiger partial charge in [0.2, 0.25) is 0 Å². The minimum atomic E-state index is -0.0788. The largest absolute Gasteiger partial charge is 0.379 e. The van der Waals surface area contributed by atoms with E-state index in [0.717, 1.165) is 49.7 Å². The Morgan fingerprint density at radius 3 is 1.26 bits per heavy atom. The molecule has 8 heteroatoms. The first-order valence-electron chi connectivity index (χ1n) is 31.6. The molecule has 6 rings (SSSR count). The van der Waals surface area contributed by atoms with Gasteiger partial charge < -0.3 is 19.3 Å². The minimum absolute atomic E-state index is 0.0747. The Labute approximate surface area is 471 Å². The van der Waals surface area contributed by atoms with Crippen LogP contribution < -0.4 is 9.80 Å². The second kappa shape index (κ2) is 35.3. The Morgan fingerprint density at radius 1 is 0.434 bits per heavy atom. The first kappa shape index (κ1) is 61.9. The third kappa shape index (κ3) is 19.5. The molecule has 4 aromatic rings. The van der Waals surface area contributed by atoms with Crippen molar-refractivity contribution in [1.82, 2.24) is 0 Å². The highest BCUT2D eigenvalue weighted by Gasteiger charge is 2.44. The first-order valence-corrected chi connectivity index (χ1v) is 33.2. The molecule has 2 aliphatic heterocycles. The summed E-state index contributed by atoms with van der Waals surface area (Å²) in [4.78, 5) is 38.0. The molecule has 0 aliphatic carbocycles. The summed E-state index contributed by atoms with van der Waals surface area (Å²) in [7, 11) is 0. The van der Waals surface area contributed by atoms with Gasteiger partial charge in [0.15, 0.2) is 0 Å². The molecule has 0 N–H and O–H groups in total. The number of rotatable bonds is 43. The highest BCUT2D eigenvalue weighted by molar-refractivity contribution is 7.18. The minimum Gasteiger partial charge on any atom is -0.379 e. The number of amides is 2. The van der Waals surface area contributed by atoms with Crippen molar-refractivity contribution in [2.45, 2.75) is 247 Å². The number of hydrogen-bond acceptors (Lipinski definition) is 6. The smallest absolute Gasteiger partial charge is 0.260 e. The number of ether oxygens (including phenoxy) is 2. The average molecular weight is 1080 g/mol. The van der Waals surface area contributed by atoms with Crippen molar-refractivity contribution in [3.05, 3.63) is 68.7 Å². The summed E-state index contributed by atoms with van der Waals surface area (Å²) in [5.74, 6) is 0.952. The maximum Gasteiger partial charge on any atom is 0.260 e. The van der Waals surface area contributed by atoms with Crippen LogP contribution in [0.3, 0.4) is 0 Å². The molecule has 6 nitrogen and oxygen atoms in total. The van der Waals surface area contributed by atoms with E-state index in [1.165, 1.54) is 222 Å². The summed E-state index contributed by atoms with van der Waals surface area (Å²) in [6.45, 7) is 16.8. The van der Waals surface area contributed by atoms with Gasteiger partial charge >= 0.3 is 0 Å². The normalized spacial score (nSPS) is 15.2. The van der Waals surface area contributed by atoms with Crippen molar-refractivity contribution in [3.63, 3.8) is 0 Å². The van der Waals surface area contributed by atoms with Gasteiger partial charge in [-0.05, 0) is 85.9 Å². The number of unbranched alkanes of at least 4 members (excludes halogenated alkanes) is 24. The molecular weight excluding hydrogens is 973 g/mol. The molecule has 0 saturated carbocycles. The van der Waals surface area contributed by atoms with E-state index in [0.29, 0.717) is 49.3 Å². The molecule has 76 heavy (non-hydrogen) atoms. The maximum absolute atomic E-state index is 15.1. The van der Waals surface area contributed by atoms with Gasteiger partial charge in [0.1, 0.15) is 0 Å². The predicted molar refractivity (Wildman–Crippen MR) is 332 cm³/mol. The summed E-state index contributed by atoms with van der Waals surface area (Å²) in [5.41, 5.74) is 5.32. The Bertz CT molecular complexity index is 2330. The molecule has 2 atom stereocenters. The molecule has 0 radical (unpaired) electrons. The van der Waals surface area contributed by atoms with Gasteiger partial charge in [-0.15, -0.1) is 22.7 Å². The molecule has 0 spiro atoms. The van der Waals surface area contributed by atoms with E-state index in [4.69, 9.17) is 9.47 Å². The van der Waals surface area contributed by atoms with Gasteiger partial charge in [-0.25, -0.2) is 0 Å². The van der Waals surface area contributed by atoms with E-state index in [1.54, 1.807) is 22.7 Å². The maximum atomic E-state index is 15.1. The van der Waals surface area contributed by atoms with Crippen molar-refractivity contribution in [2.75, 3.05) is 49.3 Å². The van der Waals surface area contributed by atoms with Crippen molar-refractivity contribution < 1.29 is 19.1 Å². The zero-order valence-electron chi connectivity index (χ0n) is 49.0. The molecule has 4 heterocycles. The number of thiophene rings is 2. The van der Waals surface area contributed by atoms with Crippen molar-refractivity contribution in [2.24, 2.45) is 11.8 Å². The zero-order valence-corrected chi connectivity index (χ0v) is 50.6. The van der Waals surface area contributed by atoms with E-state index >= 15 is 9.59 Å². The molecule has 0 saturated heterocycles. The Hall–Kier alpha value is -3.30. The number of benzene rings is 2. The fraction of sp³-hybridized carbons (Fsp3) is 0.676. The fourth-order valence-electron chi connectivity index (χ4n) is 11.9. The molecule has 2 amide bonds. The molecule has 0 bridgehead atoms. The van der Waals surface area contributed by atoms with Crippen LogP contribution in [0.15, 0.2) is 48.5 Å². The molecule has 2 unspecified atom stereocenters. The van der Waals surface area contributed by atoms with Crippen LogP contribution in [0.1, 0.15) is 253 Å². The zero-order chi connectivity index (χ0) is 53.7. The van der Waals surface area contributed by atoms with Crippen LogP contribution in [0.2, 0.25) is 0 Å². The number of carbonyl (C=O) groups is 2. The number of hydrogen-bond donors (Lipinski definition) is 0. The molecule has 2 aliphatic rings. The van der Waals surface area contributed by atoms with E-state index in [-0.39, 0.29) is 11.8 Å². The quantitative estimate of drug-likeness (QED) is 0.0327. The fourth-order valence-corrected chi connectivity index (χ4v) is 14.1. The van der Waals surface area contributed by atoms with E-state index in [2.05, 4.69) is 90.1 Å². The summed E-state index contributed by atoms with van der Waals surface area (Å²) >= 11 is 3.29. The molecular formula is C68H104N2O4S2. The van der Waals surface area contributed by atoms with Gasteiger partial charge in [-0.3, -0.25) is 9.59 Å². The SMILES string of the molecule is CCCCCCCCCCC(CCCCCCCC)COCCN1C(=O)/C(=C2/C(=O)N(CCOCC(CCCCCCCC)CCCCCCCCCC)c3cc(-c4ccc5cc(C)ccc5c4)sc32)c2sc(C)cc21. The standard InChI is InChI=1S/C68H104N2O4S2/c1-7-11-15-19-23-25-29-33-37-55(35-31-27-21-17-13-9-3)51-73-45-43-69-60-48-54(6)75-65(60)63(67(69)71)64-66-61(50-62(76-66)59-42-41-57-47-53(5)39-40-58(57)49-59)70(68(64)72)44-46-74-52-56(36-32-28-22-18-14-10-4)38-34-30-26-24-20-16-12-8-2/h39-42,47-50,55-56H,7-38,43-46,51-52H2,1-6H3/b64-63+. The second-order valence-electron chi connectivity index (χ2n) is 23.1. The number of anilines is 2. The van der Waals surface area contributed by atoms with E-state index < -0.39 is 0 Å². The lowest BCUT2D eigenvalue weighted by atomic mass is 9.94. The summed E-state index contributed by atoms with van der Waals surface area (Å²) in [5, 5.41) is 2.42. The van der Waals surface area contributed by atoms with Gasteiger partial charge in [0.05, 0.1) is 45.5 Å². The van der Waals surface area contributed by atoms with Crippen LogP contribution >= 0.6 is 22.7 Å². The van der Waals surface area contributed by atoms with Crippen LogP contribution in [-0.2, 0) is 19.1 Å². The van der Waals surface area contributed by atoms with Gasteiger partial charge in [0.25, 0.3) is 11.8 Å². The van der Waals surface area contributed by atoms with Gasteiger partial charge in [0, 0.05) is 36.1 Å². The number of aryl methyl sites for hydroxylation is 2. The number of nitrogens with zero attached hydrogens (tertiary/aromatic N) is 2. The van der Waals surface area contributed by atoms with E-state index in [1.807, 2.05) is 9.80 Å². The molecule has 2 aromatic heterocycles.